The summed E-state index contributed by atoms with van der Waals surface area (Å²) in [5, 5.41) is 7.84. The lowest BCUT2D eigenvalue weighted by atomic mass is 10.1. The highest BCUT2D eigenvalue weighted by Gasteiger charge is 2.31. The van der Waals surface area contributed by atoms with Crippen molar-refractivity contribution in [3.8, 4) is 5.75 Å². The molecule has 1 fully saturated rings. The number of urea groups is 1. The molecule has 0 saturated carbocycles. The summed E-state index contributed by atoms with van der Waals surface area (Å²) in [4.78, 5) is 26.5. The number of nitrogens with zero attached hydrogens (tertiary/aromatic N) is 1. The molecule has 3 aromatic carbocycles. The number of carbonyl (C=O) groups is 2. The molecule has 1 aliphatic rings. The number of methoxy groups -OCH3 is 1. The highest BCUT2D eigenvalue weighted by atomic mass is 16.5. The molecule has 2 N–H and O–H groups in total. The molecular formula is C22H21N3O3. The minimum absolute atomic E-state index is 0.0133. The third-order valence-electron chi connectivity index (χ3n) is 4.88. The summed E-state index contributed by atoms with van der Waals surface area (Å²) in [5.41, 5.74) is 1.54. The first-order valence-electron chi connectivity index (χ1n) is 9.14. The summed E-state index contributed by atoms with van der Waals surface area (Å²) in [6.45, 7) is 0.439. The zero-order valence-electron chi connectivity index (χ0n) is 15.5. The van der Waals surface area contributed by atoms with Crippen LogP contribution in [0.4, 0.5) is 16.2 Å². The number of benzene rings is 3. The number of rotatable bonds is 4. The number of carbonyl (C=O) groups excluding carboxylic acids is 2. The minimum Gasteiger partial charge on any atom is -0.497 e. The third-order valence-corrected chi connectivity index (χ3v) is 4.88. The zero-order chi connectivity index (χ0) is 19.5. The average molecular weight is 375 g/mol. The summed E-state index contributed by atoms with van der Waals surface area (Å²) in [6, 6.07) is 20.4. The fraction of sp³-hybridized carbons (Fsp3) is 0.182. The molecule has 4 rings (SSSR count). The van der Waals surface area contributed by atoms with Gasteiger partial charge in [0, 0.05) is 24.0 Å². The van der Waals surface area contributed by atoms with Gasteiger partial charge in [0.05, 0.1) is 18.8 Å². The van der Waals surface area contributed by atoms with Crippen LogP contribution in [0, 0.1) is 0 Å². The largest absolute Gasteiger partial charge is 0.497 e. The van der Waals surface area contributed by atoms with E-state index in [0.717, 1.165) is 27.9 Å². The van der Waals surface area contributed by atoms with Gasteiger partial charge in [0.15, 0.2) is 0 Å². The Balaban J connectivity index is 1.41. The number of fused-ring (bicyclic) bond motifs is 1. The van der Waals surface area contributed by atoms with Crippen molar-refractivity contribution in [1.29, 1.82) is 0 Å². The maximum atomic E-state index is 12.5. The molecule has 0 radical (unpaired) electrons. The predicted molar refractivity (Wildman–Crippen MR) is 110 cm³/mol. The molecule has 1 atom stereocenters. The Morgan fingerprint density at radius 1 is 1.04 bits per heavy atom. The van der Waals surface area contributed by atoms with Crippen molar-refractivity contribution in [2.24, 2.45) is 0 Å². The lowest BCUT2D eigenvalue weighted by molar-refractivity contribution is -0.117. The Labute approximate surface area is 163 Å². The number of hydrogen-bond donors (Lipinski definition) is 2. The molecule has 0 spiro atoms. The van der Waals surface area contributed by atoms with Crippen LogP contribution in [0.3, 0.4) is 0 Å². The standard InChI is InChI=1S/C22H21N3O3/c1-28-18-11-9-17(10-12-18)25-14-16(13-21(25)26)23-22(27)24-20-8-4-6-15-5-2-3-7-19(15)20/h2-12,16H,13-14H2,1H3,(H2,23,24,27). The number of hydrogen-bond acceptors (Lipinski definition) is 3. The van der Waals surface area contributed by atoms with Crippen LogP contribution in [0.15, 0.2) is 66.7 Å². The normalized spacial score (nSPS) is 16.2. The van der Waals surface area contributed by atoms with Crippen molar-refractivity contribution in [2.75, 3.05) is 23.9 Å². The van der Waals surface area contributed by atoms with E-state index in [1.807, 2.05) is 66.7 Å². The Bertz CT molecular complexity index is 1010. The summed E-state index contributed by atoms with van der Waals surface area (Å²) in [7, 11) is 1.60. The van der Waals surface area contributed by atoms with E-state index >= 15 is 0 Å². The van der Waals surface area contributed by atoms with Gasteiger partial charge in [-0.3, -0.25) is 4.79 Å². The molecule has 0 aliphatic carbocycles. The topological polar surface area (TPSA) is 70.7 Å². The van der Waals surface area contributed by atoms with Crippen LogP contribution in [0.1, 0.15) is 6.42 Å². The summed E-state index contributed by atoms with van der Waals surface area (Å²) in [6.07, 6.45) is 0.273. The first-order valence-corrected chi connectivity index (χ1v) is 9.14. The first-order chi connectivity index (χ1) is 13.6. The Hall–Kier alpha value is -3.54. The number of ether oxygens (including phenoxy) is 1. The molecule has 3 aromatic rings. The van der Waals surface area contributed by atoms with Gasteiger partial charge in [-0.2, -0.15) is 0 Å². The van der Waals surface area contributed by atoms with Gasteiger partial charge in [-0.05, 0) is 35.7 Å². The maximum Gasteiger partial charge on any atom is 0.319 e. The smallest absolute Gasteiger partial charge is 0.319 e. The fourth-order valence-corrected chi connectivity index (χ4v) is 3.49. The van der Waals surface area contributed by atoms with Crippen LogP contribution in [0.5, 0.6) is 5.75 Å². The van der Waals surface area contributed by atoms with Gasteiger partial charge in [-0.25, -0.2) is 4.79 Å². The van der Waals surface area contributed by atoms with Gasteiger partial charge < -0.3 is 20.3 Å². The van der Waals surface area contributed by atoms with E-state index in [4.69, 9.17) is 4.74 Å². The van der Waals surface area contributed by atoms with Gasteiger partial charge in [0.25, 0.3) is 0 Å². The van der Waals surface area contributed by atoms with Crippen LogP contribution in [0.25, 0.3) is 10.8 Å². The molecule has 142 valence electrons. The van der Waals surface area contributed by atoms with Crippen molar-refractivity contribution in [2.45, 2.75) is 12.5 Å². The number of anilines is 2. The average Bonchev–Trinajstić information content (AvgIpc) is 3.08. The summed E-state index contributed by atoms with van der Waals surface area (Å²) in [5.74, 6) is 0.722. The van der Waals surface area contributed by atoms with Crippen molar-refractivity contribution in [3.63, 3.8) is 0 Å². The highest BCUT2D eigenvalue weighted by molar-refractivity contribution is 6.02. The van der Waals surface area contributed by atoms with E-state index in [1.54, 1.807) is 12.0 Å². The van der Waals surface area contributed by atoms with Crippen LogP contribution in [-0.2, 0) is 4.79 Å². The van der Waals surface area contributed by atoms with E-state index in [2.05, 4.69) is 10.6 Å². The predicted octanol–water partition coefficient (Wildman–Crippen LogP) is 3.78. The SMILES string of the molecule is COc1ccc(N2CC(NC(=O)Nc3cccc4ccccc34)CC2=O)cc1. The Morgan fingerprint density at radius 3 is 2.57 bits per heavy atom. The molecule has 1 heterocycles. The van der Waals surface area contributed by atoms with E-state index in [0.29, 0.717) is 6.54 Å². The molecule has 6 nitrogen and oxygen atoms in total. The molecule has 28 heavy (non-hydrogen) atoms. The molecule has 0 aromatic heterocycles. The van der Waals surface area contributed by atoms with Crippen molar-refractivity contribution >= 4 is 34.1 Å². The molecule has 1 aliphatic heterocycles. The van der Waals surface area contributed by atoms with Crippen LogP contribution in [-0.4, -0.2) is 31.6 Å². The molecular weight excluding hydrogens is 354 g/mol. The van der Waals surface area contributed by atoms with Crippen LogP contribution in [0.2, 0.25) is 0 Å². The molecule has 1 unspecified atom stereocenters. The van der Waals surface area contributed by atoms with E-state index in [9.17, 15) is 9.59 Å². The van der Waals surface area contributed by atoms with Gasteiger partial charge in [-0.15, -0.1) is 0 Å². The fourth-order valence-electron chi connectivity index (χ4n) is 3.49. The zero-order valence-corrected chi connectivity index (χ0v) is 15.5. The lowest BCUT2D eigenvalue weighted by Crippen LogP contribution is -2.39. The molecule has 1 saturated heterocycles. The van der Waals surface area contributed by atoms with Crippen LogP contribution >= 0.6 is 0 Å². The quantitative estimate of drug-likeness (QED) is 0.729. The first kappa shape index (κ1) is 17.9. The maximum absolute atomic E-state index is 12.5. The van der Waals surface area contributed by atoms with Crippen molar-refractivity contribution in [3.05, 3.63) is 66.7 Å². The second-order valence-corrected chi connectivity index (χ2v) is 6.73. The van der Waals surface area contributed by atoms with E-state index < -0.39 is 0 Å². The van der Waals surface area contributed by atoms with Crippen molar-refractivity contribution in [1.82, 2.24) is 5.32 Å². The molecule has 0 bridgehead atoms. The highest BCUT2D eigenvalue weighted by Crippen LogP contribution is 2.25. The Morgan fingerprint density at radius 2 is 1.79 bits per heavy atom. The van der Waals surface area contributed by atoms with Gasteiger partial charge in [0.1, 0.15) is 5.75 Å². The van der Waals surface area contributed by atoms with Crippen LogP contribution < -0.4 is 20.3 Å². The number of amides is 3. The number of nitrogens with one attached hydrogen (secondary N) is 2. The molecule has 6 heteroatoms. The lowest BCUT2D eigenvalue weighted by Gasteiger charge is -2.18. The second-order valence-electron chi connectivity index (χ2n) is 6.73. The van der Waals surface area contributed by atoms with E-state index in [1.165, 1.54) is 0 Å². The minimum atomic E-state index is -0.314. The Kier molecular flexibility index (Phi) is 4.85. The second kappa shape index (κ2) is 7.60. The van der Waals surface area contributed by atoms with Crippen molar-refractivity contribution < 1.29 is 14.3 Å². The van der Waals surface area contributed by atoms with Gasteiger partial charge >= 0.3 is 6.03 Å². The van der Waals surface area contributed by atoms with E-state index in [-0.39, 0.29) is 24.4 Å². The van der Waals surface area contributed by atoms with Gasteiger partial charge in [0.2, 0.25) is 5.91 Å². The monoisotopic (exact) mass is 375 g/mol. The third kappa shape index (κ3) is 3.62. The van der Waals surface area contributed by atoms with Gasteiger partial charge in [-0.1, -0.05) is 36.4 Å². The summed E-state index contributed by atoms with van der Waals surface area (Å²) >= 11 is 0. The molecule has 3 amide bonds. The summed E-state index contributed by atoms with van der Waals surface area (Å²) < 4.78 is 5.15.